The van der Waals surface area contributed by atoms with E-state index < -0.39 is 0 Å². The van der Waals surface area contributed by atoms with E-state index in [2.05, 4.69) is 29.1 Å². The Kier molecular flexibility index (Phi) is 3.97. The summed E-state index contributed by atoms with van der Waals surface area (Å²) in [6.07, 6.45) is 8.28. The van der Waals surface area contributed by atoms with Gasteiger partial charge in [0.15, 0.2) is 0 Å². The molecule has 2 aromatic rings. The van der Waals surface area contributed by atoms with E-state index in [1.165, 1.54) is 16.2 Å². The number of carbonyl (C=O) groups excluding carboxylic acids is 1. The number of aryl methyl sites for hydroxylation is 1. The summed E-state index contributed by atoms with van der Waals surface area (Å²) in [6.45, 7) is 3.88. The van der Waals surface area contributed by atoms with Gasteiger partial charge in [-0.25, -0.2) is 0 Å². The molecule has 2 aliphatic rings. The summed E-state index contributed by atoms with van der Waals surface area (Å²) in [7, 11) is 0. The maximum absolute atomic E-state index is 13.0. The number of aromatic nitrogens is 2. The highest BCUT2D eigenvalue weighted by Crippen LogP contribution is 2.51. The Morgan fingerprint density at radius 2 is 2.30 bits per heavy atom. The van der Waals surface area contributed by atoms with Gasteiger partial charge in [-0.3, -0.25) is 9.48 Å². The first kappa shape index (κ1) is 14.9. The Labute approximate surface area is 141 Å². The molecule has 3 atom stereocenters. The molecule has 122 valence electrons. The molecule has 3 heterocycles. The van der Waals surface area contributed by atoms with Gasteiger partial charge in [-0.1, -0.05) is 0 Å². The van der Waals surface area contributed by atoms with E-state index in [9.17, 15) is 4.79 Å². The van der Waals surface area contributed by atoms with Crippen LogP contribution in [0.25, 0.3) is 0 Å². The van der Waals surface area contributed by atoms with Crippen molar-refractivity contribution in [1.82, 2.24) is 14.7 Å². The molecule has 0 unspecified atom stereocenters. The zero-order valence-electron chi connectivity index (χ0n) is 13.5. The molecule has 23 heavy (non-hydrogen) atoms. The molecule has 2 aromatic heterocycles. The molecule has 2 fully saturated rings. The molecule has 1 saturated heterocycles. The van der Waals surface area contributed by atoms with Crippen LogP contribution in [0.5, 0.6) is 0 Å². The van der Waals surface area contributed by atoms with Gasteiger partial charge in [0, 0.05) is 40.5 Å². The zero-order valence-corrected chi connectivity index (χ0v) is 14.3. The number of likely N-dealkylation sites (tertiary alicyclic amines) is 1. The molecule has 0 bridgehead atoms. The molecule has 1 saturated carbocycles. The summed E-state index contributed by atoms with van der Waals surface area (Å²) in [5, 5.41) is 4.31. The molecule has 1 aliphatic heterocycles. The standard InChI is InChI=1S/C18H23N3OS/c1-13-6-7-17(23-13)15-11-16(15)18(22)21-10-3-2-5-14(21)12-20-9-4-8-19-20/h4,6-9,14-16H,2-3,5,10-12H2,1H3/t14-,15-,16-/m1/s1. The summed E-state index contributed by atoms with van der Waals surface area (Å²) in [4.78, 5) is 17.9. The first-order valence-corrected chi connectivity index (χ1v) is 9.38. The maximum Gasteiger partial charge on any atom is 0.226 e. The second-order valence-electron chi connectivity index (χ2n) is 6.81. The van der Waals surface area contributed by atoms with Crippen molar-refractivity contribution in [1.29, 1.82) is 0 Å². The molecule has 4 nitrogen and oxygen atoms in total. The molecule has 1 amide bonds. The molecular weight excluding hydrogens is 306 g/mol. The van der Waals surface area contributed by atoms with Gasteiger partial charge in [0.2, 0.25) is 5.91 Å². The quantitative estimate of drug-likeness (QED) is 0.862. The van der Waals surface area contributed by atoms with Gasteiger partial charge in [-0.15, -0.1) is 11.3 Å². The minimum absolute atomic E-state index is 0.214. The third kappa shape index (κ3) is 3.07. The van der Waals surface area contributed by atoms with Crippen LogP contribution in [-0.2, 0) is 11.3 Å². The third-order valence-corrected chi connectivity index (χ3v) is 6.23. The number of amides is 1. The first-order chi connectivity index (χ1) is 11.2. The first-order valence-electron chi connectivity index (χ1n) is 8.56. The molecule has 0 N–H and O–H groups in total. The second-order valence-corrected chi connectivity index (χ2v) is 8.13. The van der Waals surface area contributed by atoms with Crippen LogP contribution in [0.3, 0.4) is 0 Å². The zero-order chi connectivity index (χ0) is 15.8. The highest BCUT2D eigenvalue weighted by molar-refractivity contribution is 7.12. The number of rotatable bonds is 4. The van der Waals surface area contributed by atoms with E-state index in [1.54, 1.807) is 0 Å². The van der Waals surface area contributed by atoms with Crippen molar-refractivity contribution < 1.29 is 4.79 Å². The molecule has 0 spiro atoms. The van der Waals surface area contributed by atoms with Crippen molar-refractivity contribution in [2.24, 2.45) is 5.92 Å². The highest BCUT2D eigenvalue weighted by Gasteiger charge is 2.47. The Bertz CT molecular complexity index is 678. The van der Waals surface area contributed by atoms with Crippen LogP contribution < -0.4 is 0 Å². The van der Waals surface area contributed by atoms with Crippen LogP contribution in [0.2, 0.25) is 0 Å². The van der Waals surface area contributed by atoms with Crippen LogP contribution in [0, 0.1) is 12.8 Å². The van der Waals surface area contributed by atoms with Gasteiger partial charge in [0.25, 0.3) is 0 Å². The fourth-order valence-corrected chi connectivity index (χ4v) is 4.81. The SMILES string of the molecule is Cc1ccc([C@@H]2C[C@H]2C(=O)N2CCCC[C@@H]2Cn2cccn2)s1. The van der Waals surface area contributed by atoms with E-state index in [0.717, 1.165) is 32.4 Å². The largest absolute Gasteiger partial charge is 0.338 e. The fourth-order valence-electron chi connectivity index (χ4n) is 3.75. The van der Waals surface area contributed by atoms with Crippen LogP contribution in [-0.4, -0.2) is 33.2 Å². The molecule has 1 aliphatic carbocycles. The van der Waals surface area contributed by atoms with E-state index >= 15 is 0 Å². The third-order valence-electron chi connectivity index (χ3n) is 5.10. The van der Waals surface area contributed by atoms with Gasteiger partial charge < -0.3 is 4.90 Å². The monoisotopic (exact) mass is 329 g/mol. The van der Waals surface area contributed by atoms with Gasteiger partial charge in [0.1, 0.15) is 0 Å². The van der Waals surface area contributed by atoms with Gasteiger partial charge >= 0.3 is 0 Å². The van der Waals surface area contributed by atoms with Gasteiger partial charge in [-0.2, -0.15) is 5.10 Å². The normalized spacial score (nSPS) is 27.2. The highest BCUT2D eigenvalue weighted by atomic mass is 32.1. The number of thiophene rings is 1. The summed E-state index contributed by atoms with van der Waals surface area (Å²) in [5.74, 6) is 1.05. The van der Waals surface area contributed by atoms with Crippen LogP contribution >= 0.6 is 11.3 Å². The number of hydrogen-bond acceptors (Lipinski definition) is 3. The Balaban J connectivity index is 1.44. The maximum atomic E-state index is 13.0. The van der Waals surface area contributed by atoms with Crippen molar-refractivity contribution in [3.8, 4) is 0 Å². The summed E-state index contributed by atoms with van der Waals surface area (Å²) in [6, 6.07) is 6.63. The van der Waals surface area contributed by atoms with Crippen molar-refractivity contribution in [2.75, 3.05) is 6.54 Å². The topological polar surface area (TPSA) is 38.1 Å². The van der Waals surface area contributed by atoms with Crippen molar-refractivity contribution in [2.45, 2.75) is 51.1 Å². The summed E-state index contributed by atoms with van der Waals surface area (Å²) >= 11 is 1.85. The van der Waals surface area contributed by atoms with Crippen molar-refractivity contribution >= 4 is 17.2 Å². The van der Waals surface area contributed by atoms with Crippen LogP contribution in [0.15, 0.2) is 30.6 Å². The number of carbonyl (C=O) groups is 1. The van der Waals surface area contributed by atoms with Crippen molar-refractivity contribution in [3.05, 3.63) is 40.3 Å². The molecule has 0 aromatic carbocycles. The number of nitrogens with zero attached hydrogens (tertiary/aromatic N) is 3. The lowest BCUT2D eigenvalue weighted by molar-refractivity contribution is -0.136. The lowest BCUT2D eigenvalue weighted by Gasteiger charge is -2.36. The molecule has 4 rings (SSSR count). The molecule has 0 radical (unpaired) electrons. The fraction of sp³-hybridized carbons (Fsp3) is 0.556. The lowest BCUT2D eigenvalue weighted by Crippen LogP contribution is -2.46. The summed E-state index contributed by atoms with van der Waals surface area (Å²) in [5.41, 5.74) is 0. The molecular formula is C18H23N3OS. The average Bonchev–Trinajstić information content (AvgIpc) is 2.96. The predicted molar refractivity (Wildman–Crippen MR) is 91.5 cm³/mol. The van der Waals surface area contributed by atoms with Crippen LogP contribution in [0.1, 0.15) is 41.4 Å². The van der Waals surface area contributed by atoms with E-state index in [4.69, 9.17) is 0 Å². The van der Waals surface area contributed by atoms with E-state index in [1.807, 2.05) is 34.5 Å². The Hall–Kier alpha value is -1.62. The Morgan fingerprint density at radius 3 is 3.04 bits per heavy atom. The lowest BCUT2D eigenvalue weighted by atomic mass is 10.0. The van der Waals surface area contributed by atoms with Gasteiger partial charge in [-0.05, 0) is 50.8 Å². The second kappa shape index (κ2) is 6.11. The Morgan fingerprint density at radius 1 is 1.39 bits per heavy atom. The predicted octanol–water partition coefficient (Wildman–Crippen LogP) is 3.44. The van der Waals surface area contributed by atoms with Crippen molar-refractivity contribution in [3.63, 3.8) is 0 Å². The summed E-state index contributed by atoms with van der Waals surface area (Å²) < 4.78 is 1.96. The minimum atomic E-state index is 0.214. The number of piperidine rings is 1. The number of hydrogen-bond donors (Lipinski definition) is 0. The minimum Gasteiger partial charge on any atom is -0.338 e. The smallest absolute Gasteiger partial charge is 0.226 e. The van der Waals surface area contributed by atoms with E-state index in [0.29, 0.717) is 17.9 Å². The van der Waals surface area contributed by atoms with Gasteiger partial charge in [0.05, 0.1) is 12.6 Å². The van der Waals surface area contributed by atoms with E-state index in [-0.39, 0.29) is 5.92 Å². The average molecular weight is 329 g/mol. The van der Waals surface area contributed by atoms with Crippen LogP contribution in [0.4, 0.5) is 0 Å². The molecule has 5 heteroatoms.